The van der Waals surface area contributed by atoms with E-state index in [2.05, 4.69) is 13.8 Å². The van der Waals surface area contributed by atoms with E-state index in [1.807, 2.05) is 7.11 Å². The predicted molar refractivity (Wildman–Crippen MR) is 82.9 cm³/mol. The van der Waals surface area contributed by atoms with Gasteiger partial charge < -0.3 is 10.5 Å². The molecule has 0 aliphatic heterocycles. The lowest BCUT2D eigenvalue weighted by molar-refractivity contribution is -0.0668. The largest absolute Gasteiger partial charge is 0.371 e. The average molecular weight is 294 g/mol. The second kappa shape index (κ2) is 5.08. The van der Waals surface area contributed by atoms with Crippen LogP contribution in [-0.4, -0.2) is 12.1 Å². The van der Waals surface area contributed by atoms with Crippen molar-refractivity contribution < 1.29 is 4.74 Å². The van der Waals surface area contributed by atoms with Crippen molar-refractivity contribution in [1.29, 1.82) is 0 Å². The van der Waals surface area contributed by atoms with Crippen LogP contribution in [0.2, 0.25) is 0 Å². The first-order valence-corrected chi connectivity index (χ1v) is 8.57. The van der Waals surface area contributed by atoms with Crippen molar-refractivity contribution >= 4 is 11.3 Å². The predicted octanol–water partition coefficient (Wildman–Crippen LogP) is 3.92. The van der Waals surface area contributed by atoms with Crippen molar-refractivity contribution in [2.24, 2.45) is 11.1 Å². The fourth-order valence-corrected chi connectivity index (χ4v) is 4.47. The molecule has 0 spiro atoms. The molecule has 2 N–H and O–H groups in total. The molecular weight excluding hydrogens is 268 g/mol. The van der Waals surface area contributed by atoms with Crippen LogP contribution in [0.15, 0.2) is 0 Å². The van der Waals surface area contributed by atoms with E-state index in [1.165, 1.54) is 41.3 Å². The normalized spacial score (nSPS) is 24.8. The number of nitrogens with zero attached hydrogens (tertiary/aromatic N) is 1. The minimum atomic E-state index is -0.156. The molecule has 4 heteroatoms. The summed E-state index contributed by atoms with van der Waals surface area (Å²) in [4.78, 5) is 6.25. The number of thiazole rings is 1. The van der Waals surface area contributed by atoms with Gasteiger partial charge in [-0.2, -0.15) is 0 Å². The maximum absolute atomic E-state index is 5.98. The molecule has 1 aromatic rings. The summed E-state index contributed by atoms with van der Waals surface area (Å²) in [6, 6.07) is 0. The SMILES string of the molecule is COC1(c2nc(C3CC3)c(CN)s2)CCC(C)(C)CC1. The summed E-state index contributed by atoms with van der Waals surface area (Å²) in [6.45, 7) is 5.33. The molecule has 112 valence electrons. The van der Waals surface area contributed by atoms with E-state index >= 15 is 0 Å². The van der Waals surface area contributed by atoms with Gasteiger partial charge in [-0.1, -0.05) is 13.8 Å². The Labute approximate surface area is 125 Å². The number of nitrogens with two attached hydrogens (primary N) is 1. The minimum Gasteiger partial charge on any atom is -0.371 e. The second-order valence-corrected chi connectivity index (χ2v) is 8.25. The van der Waals surface area contributed by atoms with E-state index in [-0.39, 0.29) is 5.60 Å². The summed E-state index contributed by atoms with van der Waals surface area (Å²) in [5, 5.41) is 1.18. The second-order valence-electron chi connectivity index (χ2n) is 7.17. The van der Waals surface area contributed by atoms with Gasteiger partial charge in [0, 0.05) is 24.4 Å². The summed E-state index contributed by atoms with van der Waals surface area (Å²) >= 11 is 1.80. The van der Waals surface area contributed by atoms with E-state index in [9.17, 15) is 0 Å². The highest BCUT2D eigenvalue weighted by atomic mass is 32.1. The third kappa shape index (κ3) is 2.53. The molecule has 0 aromatic carbocycles. The summed E-state index contributed by atoms with van der Waals surface area (Å²) in [5.74, 6) is 0.674. The molecule has 0 saturated heterocycles. The Morgan fingerprint density at radius 2 is 1.90 bits per heavy atom. The zero-order chi connectivity index (χ0) is 14.4. The number of aromatic nitrogens is 1. The van der Waals surface area contributed by atoms with Crippen molar-refractivity contribution in [2.45, 2.75) is 70.4 Å². The summed E-state index contributed by atoms with van der Waals surface area (Å²) < 4.78 is 5.98. The van der Waals surface area contributed by atoms with Gasteiger partial charge in [0.15, 0.2) is 0 Å². The Morgan fingerprint density at radius 1 is 1.25 bits per heavy atom. The molecule has 20 heavy (non-hydrogen) atoms. The average Bonchev–Trinajstić information content (AvgIpc) is 3.19. The van der Waals surface area contributed by atoms with Gasteiger partial charge in [-0.3, -0.25) is 0 Å². The minimum absolute atomic E-state index is 0.156. The van der Waals surface area contributed by atoms with Gasteiger partial charge in [0.05, 0.1) is 5.69 Å². The first-order valence-electron chi connectivity index (χ1n) is 7.75. The number of hydrogen-bond acceptors (Lipinski definition) is 4. The molecular formula is C16H26N2OS. The number of methoxy groups -OCH3 is 1. The van der Waals surface area contributed by atoms with Gasteiger partial charge in [-0.05, 0) is 43.9 Å². The van der Waals surface area contributed by atoms with Crippen LogP contribution in [0.4, 0.5) is 0 Å². The summed E-state index contributed by atoms with van der Waals surface area (Å²) in [7, 11) is 1.85. The van der Waals surface area contributed by atoms with Crippen molar-refractivity contribution in [3.05, 3.63) is 15.6 Å². The van der Waals surface area contributed by atoms with Crippen LogP contribution >= 0.6 is 11.3 Å². The van der Waals surface area contributed by atoms with Crippen LogP contribution in [0.5, 0.6) is 0 Å². The monoisotopic (exact) mass is 294 g/mol. The Kier molecular flexibility index (Phi) is 3.68. The standard InChI is InChI=1S/C16H26N2OS/c1-15(2)6-8-16(19-3,9-7-15)14-18-13(11-4-5-11)12(10-17)20-14/h11H,4-10,17H2,1-3H3. The molecule has 2 aliphatic carbocycles. The van der Waals surface area contributed by atoms with Crippen molar-refractivity contribution in [3.8, 4) is 0 Å². The van der Waals surface area contributed by atoms with Gasteiger partial charge in [-0.15, -0.1) is 11.3 Å². The fourth-order valence-electron chi connectivity index (χ4n) is 3.22. The molecule has 0 atom stereocenters. The summed E-state index contributed by atoms with van der Waals surface area (Å²) in [5.41, 5.74) is 7.47. The first-order chi connectivity index (χ1) is 9.50. The zero-order valence-corrected chi connectivity index (χ0v) is 13.7. The first kappa shape index (κ1) is 14.5. The van der Waals surface area contributed by atoms with Gasteiger partial charge in [0.25, 0.3) is 0 Å². The van der Waals surface area contributed by atoms with Gasteiger partial charge in [0.2, 0.25) is 0 Å². The van der Waals surface area contributed by atoms with Crippen molar-refractivity contribution in [2.75, 3.05) is 7.11 Å². The van der Waals surface area contributed by atoms with Crippen molar-refractivity contribution in [1.82, 2.24) is 4.98 Å². The number of ether oxygens (including phenoxy) is 1. The molecule has 3 rings (SSSR count). The van der Waals surface area contributed by atoms with Gasteiger partial charge in [-0.25, -0.2) is 4.98 Å². The molecule has 0 radical (unpaired) electrons. The molecule has 2 fully saturated rings. The maximum Gasteiger partial charge on any atom is 0.125 e. The van der Waals surface area contributed by atoms with Crippen LogP contribution in [-0.2, 0) is 16.9 Å². The maximum atomic E-state index is 5.98. The Hall–Kier alpha value is -0.450. The van der Waals surface area contributed by atoms with E-state index in [4.69, 9.17) is 15.5 Å². The highest BCUT2D eigenvalue weighted by Crippen LogP contribution is 2.50. The van der Waals surface area contributed by atoms with Gasteiger partial charge >= 0.3 is 0 Å². The number of hydrogen-bond donors (Lipinski definition) is 1. The van der Waals surface area contributed by atoms with E-state index in [1.54, 1.807) is 11.3 Å². The van der Waals surface area contributed by atoms with Gasteiger partial charge in [0.1, 0.15) is 10.6 Å². The van der Waals surface area contributed by atoms with Crippen LogP contribution in [0.25, 0.3) is 0 Å². The van der Waals surface area contributed by atoms with Crippen LogP contribution < -0.4 is 5.73 Å². The highest BCUT2D eigenvalue weighted by Gasteiger charge is 2.43. The fraction of sp³-hybridized carbons (Fsp3) is 0.812. The third-order valence-corrected chi connectivity index (χ3v) is 6.35. The molecule has 0 bridgehead atoms. The lowest BCUT2D eigenvalue weighted by Gasteiger charge is -2.41. The van der Waals surface area contributed by atoms with E-state index in [0.717, 1.165) is 12.8 Å². The Balaban J connectivity index is 1.89. The van der Waals surface area contributed by atoms with E-state index < -0.39 is 0 Å². The molecule has 1 heterocycles. The molecule has 3 nitrogen and oxygen atoms in total. The third-order valence-electron chi connectivity index (χ3n) is 5.07. The molecule has 0 unspecified atom stereocenters. The molecule has 2 saturated carbocycles. The number of rotatable bonds is 4. The quantitative estimate of drug-likeness (QED) is 0.915. The summed E-state index contributed by atoms with van der Waals surface area (Å²) in [6.07, 6.45) is 7.14. The van der Waals surface area contributed by atoms with E-state index in [0.29, 0.717) is 17.9 Å². The zero-order valence-electron chi connectivity index (χ0n) is 12.9. The van der Waals surface area contributed by atoms with Crippen molar-refractivity contribution in [3.63, 3.8) is 0 Å². The van der Waals surface area contributed by atoms with Crippen LogP contribution in [0.1, 0.15) is 73.9 Å². The molecule has 2 aliphatic rings. The van der Waals surface area contributed by atoms with Crippen LogP contribution in [0, 0.1) is 5.41 Å². The highest BCUT2D eigenvalue weighted by molar-refractivity contribution is 7.11. The smallest absolute Gasteiger partial charge is 0.125 e. The lowest BCUT2D eigenvalue weighted by Crippen LogP contribution is -2.36. The Bertz CT molecular complexity index is 481. The Morgan fingerprint density at radius 3 is 2.40 bits per heavy atom. The topological polar surface area (TPSA) is 48.1 Å². The van der Waals surface area contributed by atoms with Crippen LogP contribution in [0.3, 0.4) is 0 Å². The lowest BCUT2D eigenvalue weighted by atomic mass is 9.71. The molecule has 1 aromatic heterocycles. The molecule has 0 amide bonds.